The van der Waals surface area contributed by atoms with Crippen LogP contribution in [0.5, 0.6) is 5.75 Å². The second-order valence-electron chi connectivity index (χ2n) is 9.09. The minimum Gasteiger partial charge on any atom is -0.490 e. The third kappa shape index (κ3) is 6.12. The molecule has 0 bridgehead atoms. The molecule has 2 saturated heterocycles. The second-order valence-corrected chi connectivity index (χ2v) is 9.09. The van der Waals surface area contributed by atoms with Gasteiger partial charge in [-0.2, -0.15) is 5.10 Å². The third-order valence-electron chi connectivity index (χ3n) is 6.73. The van der Waals surface area contributed by atoms with E-state index in [1.54, 1.807) is 18.3 Å². The number of benzene rings is 1. The van der Waals surface area contributed by atoms with Crippen molar-refractivity contribution in [1.29, 1.82) is 0 Å². The molecule has 2 fully saturated rings. The molecule has 2 amide bonds. The largest absolute Gasteiger partial charge is 0.490 e. The van der Waals surface area contributed by atoms with Crippen LogP contribution in [0, 0.1) is 18.7 Å². The van der Waals surface area contributed by atoms with Gasteiger partial charge >= 0.3 is 0 Å². The number of rotatable bonds is 7. The van der Waals surface area contributed by atoms with Gasteiger partial charge in [0.2, 0.25) is 11.8 Å². The van der Waals surface area contributed by atoms with Gasteiger partial charge in [0.25, 0.3) is 0 Å². The molecule has 0 unspecified atom stereocenters. The Hall–Kier alpha value is -2.90. The molecule has 1 aromatic heterocycles. The molecule has 2 atom stereocenters. The Bertz CT molecular complexity index is 939. The van der Waals surface area contributed by atoms with Crippen molar-refractivity contribution in [2.75, 3.05) is 26.2 Å². The van der Waals surface area contributed by atoms with Gasteiger partial charge in [-0.15, -0.1) is 0 Å². The van der Waals surface area contributed by atoms with Crippen molar-refractivity contribution < 1.29 is 18.7 Å². The predicted octanol–water partition coefficient (Wildman–Crippen LogP) is 3.42. The van der Waals surface area contributed by atoms with E-state index in [0.29, 0.717) is 44.6 Å². The topological polar surface area (TPSA) is 67.7 Å². The lowest BCUT2D eigenvalue weighted by Crippen LogP contribution is -2.50. The first kappa shape index (κ1) is 23.3. The SMILES string of the molecule is Cc1ccnn1CCC(=O)N1CC[C@H](Oc2ccc(F)cc2)[C@@H](CC(=O)N2CCCCC2)C1. The maximum Gasteiger partial charge on any atom is 0.224 e. The van der Waals surface area contributed by atoms with Crippen LogP contribution in [0.1, 0.15) is 44.2 Å². The first-order valence-corrected chi connectivity index (χ1v) is 12.0. The fraction of sp³-hybridized carbons (Fsp3) is 0.560. The normalized spacial score (nSPS) is 21.2. The van der Waals surface area contributed by atoms with Crippen LogP contribution in [0.2, 0.25) is 0 Å². The number of carbonyl (C=O) groups excluding carboxylic acids is 2. The number of aryl methyl sites for hydroxylation is 2. The Morgan fingerprint density at radius 2 is 1.79 bits per heavy atom. The fourth-order valence-electron chi connectivity index (χ4n) is 4.77. The average molecular weight is 457 g/mol. The van der Waals surface area contributed by atoms with Crippen molar-refractivity contribution >= 4 is 11.8 Å². The second kappa shape index (κ2) is 10.8. The highest BCUT2D eigenvalue weighted by molar-refractivity contribution is 5.78. The molecule has 0 spiro atoms. The summed E-state index contributed by atoms with van der Waals surface area (Å²) in [6, 6.07) is 7.90. The first-order chi connectivity index (χ1) is 16.0. The third-order valence-corrected chi connectivity index (χ3v) is 6.73. The fourth-order valence-corrected chi connectivity index (χ4v) is 4.77. The molecule has 178 valence electrons. The van der Waals surface area contributed by atoms with E-state index in [-0.39, 0.29) is 29.7 Å². The van der Waals surface area contributed by atoms with Crippen LogP contribution in [0.15, 0.2) is 36.5 Å². The van der Waals surface area contributed by atoms with Gasteiger partial charge in [-0.05, 0) is 56.5 Å². The highest BCUT2D eigenvalue weighted by Gasteiger charge is 2.35. The monoisotopic (exact) mass is 456 g/mol. The van der Waals surface area contributed by atoms with Gasteiger partial charge < -0.3 is 14.5 Å². The summed E-state index contributed by atoms with van der Waals surface area (Å²) in [5.41, 5.74) is 1.03. The van der Waals surface area contributed by atoms with Gasteiger partial charge in [0.1, 0.15) is 17.7 Å². The molecule has 0 aliphatic carbocycles. The lowest BCUT2D eigenvalue weighted by atomic mass is 9.90. The van der Waals surface area contributed by atoms with Crippen molar-refractivity contribution in [2.24, 2.45) is 5.92 Å². The molecule has 2 aliphatic rings. The Kier molecular flexibility index (Phi) is 7.62. The molecule has 0 radical (unpaired) electrons. The molecule has 8 heteroatoms. The van der Waals surface area contributed by atoms with Crippen LogP contribution in [-0.4, -0.2) is 63.7 Å². The maximum atomic E-state index is 13.3. The molecule has 4 rings (SSSR count). The highest BCUT2D eigenvalue weighted by Crippen LogP contribution is 2.27. The standard InChI is InChI=1S/C25H33FN4O3/c1-19-9-12-27-30(19)16-11-24(31)29-15-10-23(33-22-7-5-21(26)6-8-22)20(18-29)17-25(32)28-13-3-2-4-14-28/h5-9,12,20,23H,2-4,10-11,13-18H2,1H3/t20-,23-/m0/s1. The zero-order chi connectivity index (χ0) is 23.2. The minimum atomic E-state index is -0.313. The van der Waals surface area contributed by atoms with Gasteiger partial charge in [-0.1, -0.05) is 0 Å². The predicted molar refractivity (Wildman–Crippen MR) is 122 cm³/mol. The van der Waals surface area contributed by atoms with Crippen LogP contribution in [0.3, 0.4) is 0 Å². The quantitative estimate of drug-likeness (QED) is 0.640. The van der Waals surface area contributed by atoms with E-state index in [9.17, 15) is 14.0 Å². The Morgan fingerprint density at radius 1 is 1.03 bits per heavy atom. The summed E-state index contributed by atoms with van der Waals surface area (Å²) in [4.78, 5) is 29.8. The Morgan fingerprint density at radius 3 is 2.48 bits per heavy atom. The van der Waals surface area contributed by atoms with Crippen molar-refractivity contribution in [2.45, 2.75) is 58.1 Å². The molecule has 2 aliphatic heterocycles. The van der Waals surface area contributed by atoms with E-state index in [1.807, 2.05) is 27.5 Å². The molecular weight excluding hydrogens is 423 g/mol. The molecule has 33 heavy (non-hydrogen) atoms. The van der Waals surface area contributed by atoms with Gasteiger partial charge in [-0.3, -0.25) is 14.3 Å². The molecular formula is C25H33FN4O3. The summed E-state index contributed by atoms with van der Waals surface area (Å²) in [6.07, 6.45) is 6.17. The van der Waals surface area contributed by atoms with Crippen LogP contribution in [0.4, 0.5) is 4.39 Å². The summed E-state index contributed by atoms with van der Waals surface area (Å²) in [5.74, 6) is 0.376. The zero-order valence-electron chi connectivity index (χ0n) is 19.3. The molecule has 1 aromatic carbocycles. The van der Waals surface area contributed by atoms with E-state index < -0.39 is 0 Å². The summed E-state index contributed by atoms with van der Waals surface area (Å²) in [7, 11) is 0. The first-order valence-electron chi connectivity index (χ1n) is 12.0. The highest BCUT2D eigenvalue weighted by atomic mass is 19.1. The molecule has 2 aromatic rings. The summed E-state index contributed by atoms with van der Waals surface area (Å²) < 4.78 is 21.3. The number of likely N-dealkylation sites (tertiary alicyclic amines) is 2. The smallest absolute Gasteiger partial charge is 0.224 e. The minimum absolute atomic E-state index is 0.0700. The number of piperidine rings is 2. The van der Waals surface area contributed by atoms with E-state index >= 15 is 0 Å². The molecule has 3 heterocycles. The Balaban J connectivity index is 1.41. The van der Waals surface area contributed by atoms with Gasteiger partial charge in [0.15, 0.2) is 0 Å². The number of ether oxygens (including phenoxy) is 1. The van der Waals surface area contributed by atoms with Crippen LogP contribution in [-0.2, 0) is 16.1 Å². The summed E-state index contributed by atoms with van der Waals surface area (Å²) in [5, 5.41) is 4.25. The van der Waals surface area contributed by atoms with Gasteiger partial charge in [0.05, 0.1) is 0 Å². The molecule has 0 N–H and O–H groups in total. The zero-order valence-corrected chi connectivity index (χ0v) is 19.3. The van der Waals surface area contributed by atoms with Crippen molar-refractivity contribution in [3.05, 3.63) is 48.0 Å². The van der Waals surface area contributed by atoms with Crippen LogP contribution < -0.4 is 4.74 Å². The van der Waals surface area contributed by atoms with Gasteiger partial charge in [0, 0.05) is 69.8 Å². The van der Waals surface area contributed by atoms with Crippen LogP contribution in [0.25, 0.3) is 0 Å². The van der Waals surface area contributed by atoms with E-state index in [0.717, 1.165) is 31.6 Å². The van der Waals surface area contributed by atoms with Gasteiger partial charge in [-0.25, -0.2) is 4.39 Å². The van der Waals surface area contributed by atoms with Crippen molar-refractivity contribution in [3.8, 4) is 5.75 Å². The van der Waals surface area contributed by atoms with E-state index in [4.69, 9.17) is 4.74 Å². The summed E-state index contributed by atoms with van der Waals surface area (Å²) >= 11 is 0. The maximum absolute atomic E-state index is 13.3. The number of halogens is 1. The summed E-state index contributed by atoms with van der Waals surface area (Å²) in [6.45, 7) is 5.19. The van der Waals surface area contributed by atoms with Crippen molar-refractivity contribution in [1.82, 2.24) is 19.6 Å². The molecule has 0 saturated carbocycles. The lowest BCUT2D eigenvalue weighted by Gasteiger charge is -2.39. The lowest BCUT2D eigenvalue weighted by molar-refractivity contribution is -0.139. The van der Waals surface area contributed by atoms with Crippen molar-refractivity contribution in [3.63, 3.8) is 0 Å². The van der Waals surface area contributed by atoms with E-state index in [2.05, 4.69) is 5.10 Å². The number of carbonyl (C=O) groups is 2. The number of amides is 2. The number of hydrogen-bond donors (Lipinski definition) is 0. The number of hydrogen-bond acceptors (Lipinski definition) is 4. The van der Waals surface area contributed by atoms with Crippen LogP contribution >= 0.6 is 0 Å². The number of aromatic nitrogens is 2. The Labute approximate surface area is 194 Å². The molecule has 7 nitrogen and oxygen atoms in total. The van der Waals surface area contributed by atoms with E-state index in [1.165, 1.54) is 18.6 Å². The number of nitrogens with zero attached hydrogens (tertiary/aromatic N) is 4. The average Bonchev–Trinajstić information content (AvgIpc) is 3.25.